The quantitative estimate of drug-likeness (QED) is 0.598. The fraction of sp³-hybridized carbons (Fsp3) is 0.538. The lowest BCUT2D eigenvalue weighted by molar-refractivity contribution is 0.215. The number of para-hydroxylation sites is 1. The van der Waals surface area contributed by atoms with Crippen LogP contribution in [0.5, 0.6) is 5.75 Å². The third-order valence-electron chi connectivity index (χ3n) is 2.91. The molecular weight excluding hydrogens is 299 g/mol. The Morgan fingerprint density at radius 1 is 1.40 bits per heavy atom. The number of rotatable bonds is 4. The minimum atomic E-state index is 0.433. The lowest BCUT2D eigenvalue weighted by Crippen LogP contribution is -2.12. The van der Waals surface area contributed by atoms with Crippen LogP contribution in [0.1, 0.15) is 38.2 Å². The minimum absolute atomic E-state index is 0.433. The van der Waals surface area contributed by atoms with Gasteiger partial charge >= 0.3 is 0 Å². The molecule has 1 aromatic rings. The molecule has 0 aromatic heterocycles. The largest absolute Gasteiger partial charge is 0.489 e. The highest BCUT2D eigenvalue weighted by Crippen LogP contribution is 2.34. The molecule has 2 heteroatoms. The predicted octanol–water partition coefficient (Wildman–Crippen LogP) is 4.18. The van der Waals surface area contributed by atoms with Crippen LogP contribution in [0.2, 0.25) is 0 Å². The molecule has 0 saturated heterocycles. The highest BCUT2D eigenvalue weighted by atomic mass is 127. The second kappa shape index (κ2) is 5.19. The summed E-state index contributed by atoms with van der Waals surface area (Å²) in [5.74, 6) is 1.14. The number of benzene rings is 1. The summed E-state index contributed by atoms with van der Waals surface area (Å²) < 4.78 is 7.23. The Hall–Kier alpha value is -0.250. The Morgan fingerprint density at radius 3 is 3.00 bits per heavy atom. The van der Waals surface area contributed by atoms with Crippen molar-refractivity contribution in [3.05, 3.63) is 27.3 Å². The Kier molecular flexibility index (Phi) is 3.89. The molecule has 82 valence electrons. The van der Waals surface area contributed by atoms with Crippen molar-refractivity contribution < 1.29 is 4.74 Å². The van der Waals surface area contributed by atoms with Crippen molar-refractivity contribution in [1.29, 1.82) is 0 Å². The molecule has 1 aliphatic heterocycles. The second-order valence-electron chi connectivity index (χ2n) is 4.17. The average molecular weight is 316 g/mol. The summed E-state index contributed by atoms with van der Waals surface area (Å²) in [6.07, 6.45) is 6.66. The SMILES string of the molecule is CCCCCC1Cc2cccc(I)c2O1. The van der Waals surface area contributed by atoms with Gasteiger partial charge in [0, 0.05) is 6.42 Å². The van der Waals surface area contributed by atoms with Crippen molar-refractivity contribution in [2.45, 2.75) is 45.1 Å². The van der Waals surface area contributed by atoms with Crippen molar-refractivity contribution in [3.8, 4) is 5.75 Å². The lowest BCUT2D eigenvalue weighted by Gasteiger charge is -2.10. The number of hydrogen-bond acceptors (Lipinski definition) is 1. The summed E-state index contributed by atoms with van der Waals surface area (Å²) in [7, 11) is 0. The van der Waals surface area contributed by atoms with Crippen molar-refractivity contribution in [3.63, 3.8) is 0 Å². The Morgan fingerprint density at radius 2 is 2.27 bits per heavy atom. The fourth-order valence-electron chi connectivity index (χ4n) is 2.08. The maximum atomic E-state index is 5.98. The van der Waals surface area contributed by atoms with Crippen LogP contribution < -0.4 is 4.74 Å². The molecule has 15 heavy (non-hydrogen) atoms. The molecule has 1 aromatic carbocycles. The first-order valence-corrected chi connectivity index (χ1v) is 6.83. The molecule has 1 nitrogen and oxygen atoms in total. The molecule has 0 aliphatic carbocycles. The summed E-state index contributed by atoms with van der Waals surface area (Å²) >= 11 is 2.36. The van der Waals surface area contributed by atoms with Gasteiger partial charge in [-0.2, -0.15) is 0 Å². The normalized spacial score (nSPS) is 18.7. The highest BCUT2D eigenvalue weighted by Gasteiger charge is 2.23. The topological polar surface area (TPSA) is 9.23 Å². The summed E-state index contributed by atoms with van der Waals surface area (Å²) in [5.41, 5.74) is 1.39. The molecule has 0 fully saturated rings. The first-order chi connectivity index (χ1) is 7.31. The van der Waals surface area contributed by atoms with Crippen LogP contribution in [0.25, 0.3) is 0 Å². The van der Waals surface area contributed by atoms with Crippen LogP contribution in [-0.4, -0.2) is 6.10 Å². The van der Waals surface area contributed by atoms with Crippen LogP contribution >= 0.6 is 22.6 Å². The number of ether oxygens (including phenoxy) is 1. The summed E-state index contributed by atoms with van der Waals surface area (Å²) in [4.78, 5) is 0. The van der Waals surface area contributed by atoms with Gasteiger partial charge in [-0.1, -0.05) is 31.9 Å². The van der Waals surface area contributed by atoms with E-state index >= 15 is 0 Å². The number of hydrogen-bond donors (Lipinski definition) is 0. The van der Waals surface area contributed by atoms with Gasteiger partial charge in [0.2, 0.25) is 0 Å². The monoisotopic (exact) mass is 316 g/mol. The van der Waals surface area contributed by atoms with Gasteiger partial charge in [0.15, 0.2) is 0 Å². The smallest absolute Gasteiger partial charge is 0.136 e. The second-order valence-corrected chi connectivity index (χ2v) is 5.33. The minimum Gasteiger partial charge on any atom is -0.489 e. The van der Waals surface area contributed by atoms with Crippen molar-refractivity contribution >= 4 is 22.6 Å². The van der Waals surface area contributed by atoms with E-state index in [0.29, 0.717) is 6.10 Å². The van der Waals surface area contributed by atoms with E-state index in [1.165, 1.54) is 34.8 Å². The summed E-state index contributed by atoms with van der Waals surface area (Å²) in [6.45, 7) is 2.24. The zero-order valence-electron chi connectivity index (χ0n) is 9.13. The highest BCUT2D eigenvalue weighted by molar-refractivity contribution is 14.1. The molecule has 1 unspecified atom stereocenters. The number of unbranched alkanes of at least 4 members (excludes halogenated alkanes) is 2. The Balaban J connectivity index is 1.94. The van der Waals surface area contributed by atoms with Gasteiger partial charge in [-0.25, -0.2) is 0 Å². The van der Waals surface area contributed by atoms with Crippen LogP contribution in [-0.2, 0) is 6.42 Å². The molecule has 0 bridgehead atoms. The van der Waals surface area contributed by atoms with Gasteiger partial charge in [-0.05, 0) is 47.1 Å². The summed E-state index contributed by atoms with van der Waals surface area (Å²) in [6, 6.07) is 6.43. The van der Waals surface area contributed by atoms with E-state index in [0.717, 1.165) is 12.2 Å². The fourth-order valence-corrected chi connectivity index (χ4v) is 2.76. The maximum Gasteiger partial charge on any atom is 0.136 e. The van der Waals surface area contributed by atoms with E-state index in [1.807, 2.05) is 0 Å². The van der Waals surface area contributed by atoms with Crippen LogP contribution in [0, 0.1) is 3.57 Å². The van der Waals surface area contributed by atoms with Crippen molar-refractivity contribution in [1.82, 2.24) is 0 Å². The van der Waals surface area contributed by atoms with E-state index in [9.17, 15) is 0 Å². The third kappa shape index (κ3) is 2.65. The van der Waals surface area contributed by atoms with Gasteiger partial charge in [0.25, 0.3) is 0 Å². The van der Waals surface area contributed by atoms with Gasteiger partial charge in [0.05, 0.1) is 3.57 Å². The van der Waals surface area contributed by atoms with Crippen LogP contribution in [0.4, 0.5) is 0 Å². The number of halogens is 1. The molecule has 0 amide bonds. The zero-order valence-corrected chi connectivity index (χ0v) is 11.3. The van der Waals surface area contributed by atoms with Crippen LogP contribution in [0.15, 0.2) is 18.2 Å². The Bertz CT molecular complexity index is 335. The molecule has 1 heterocycles. The molecule has 0 spiro atoms. The zero-order chi connectivity index (χ0) is 10.7. The molecule has 1 aliphatic rings. The molecular formula is C13H17IO. The van der Waals surface area contributed by atoms with E-state index in [2.05, 4.69) is 47.7 Å². The third-order valence-corrected chi connectivity index (χ3v) is 3.76. The van der Waals surface area contributed by atoms with E-state index in [4.69, 9.17) is 4.74 Å². The maximum absolute atomic E-state index is 5.98. The molecule has 1 atom stereocenters. The first kappa shape index (κ1) is 11.2. The van der Waals surface area contributed by atoms with E-state index in [-0.39, 0.29) is 0 Å². The molecule has 0 saturated carbocycles. The van der Waals surface area contributed by atoms with Crippen molar-refractivity contribution in [2.75, 3.05) is 0 Å². The summed E-state index contributed by atoms with van der Waals surface area (Å²) in [5, 5.41) is 0. The van der Waals surface area contributed by atoms with Gasteiger partial charge in [-0.3, -0.25) is 0 Å². The standard InChI is InChI=1S/C13H17IO/c1-2-3-4-7-11-9-10-6-5-8-12(14)13(10)15-11/h5-6,8,11H,2-4,7,9H2,1H3. The Labute approximate surface area is 105 Å². The van der Waals surface area contributed by atoms with E-state index in [1.54, 1.807) is 0 Å². The van der Waals surface area contributed by atoms with Gasteiger partial charge in [0.1, 0.15) is 11.9 Å². The van der Waals surface area contributed by atoms with Gasteiger partial charge in [-0.15, -0.1) is 0 Å². The molecule has 0 N–H and O–H groups in total. The van der Waals surface area contributed by atoms with Crippen LogP contribution in [0.3, 0.4) is 0 Å². The number of fused-ring (bicyclic) bond motifs is 1. The van der Waals surface area contributed by atoms with Gasteiger partial charge < -0.3 is 4.74 Å². The first-order valence-electron chi connectivity index (χ1n) is 5.75. The average Bonchev–Trinajstić information content (AvgIpc) is 2.63. The van der Waals surface area contributed by atoms with E-state index < -0.39 is 0 Å². The molecule has 0 radical (unpaired) electrons. The lowest BCUT2D eigenvalue weighted by atomic mass is 10.1. The molecule has 2 rings (SSSR count). The van der Waals surface area contributed by atoms with Crippen molar-refractivity contribution in [2.24, 2.45) is 0 Å². The predicted molar refractivity (Wildman–Crippen MR) is 71.4 cm³/mol.